The first-order chi connectivity index (χ1) is 11.6. The van der Waals surface area contributed by atoms with Crippen LogP contribution in [0.2, 0.25) is 0 Å². The molecule has 0 radical (unpaired) electrons. The Morgan fingerprint density at radius 2 is 2.08 bits per heavy atom. The van der Waals surface area contributed by atoms with Crippen LogP contribution in [0, 0.1) is 5.92 Å². The van der Waals surface area contributed by atoms with Crippen LogP contribution in [0.5, 0.6) is 0 Å². The summed E-state index contributed by atoms with van der Waals surface area (Å²) in [5.74, 6) is 1.22. The van der Waals surface area contributed by atoms with Crippen LogP contribution in [0.3, 0.4) is 0 Å². The molecular formula is C17H27N3O4. The molecule has 0 N–H and O–H groups in total. The number of ether oxygens (including phenoxy) is 2. The molecule has 24 heavy (non-hydrogen) atoms. The third kappa shape index (κ3) is 4.55. The molecule has 1 aromatic rings. The number of carbonyl (C=O) groups is 1. The molecule has 7 heteroatoms. The van der Waals surface area contributed by atoms with E-state index in [0.717, 1.165) is 38.5 Å². The van der Waals surface area contributed by atoms with Gasteiger partial charge in [-0.2, -0.15) is 0 Å². The number of amides is 1. The first kappa shape index (κ1) is 17.4. The molecule has 7 nitrogen and oxygen atoms in total. The van der Waals surface area contributed by atoms with Gasteiger partial charge in [0.05, 0.1) is 32.5 Å². The van der Waals surface area contributed by atoms with Crippen molar-refractivity contribution in [2.75, 3.05) is 46.0 Å². The van der Waals surface area contributed by atoms with Crippen molar-refractivity contribution in [2.24, 2.45) is 5.92 Å². The van der Waals surface area contributed by atoms with Gasteiger partial charge in [-0.25, -0.2) is 0 Å². The second-order valence-electron chi connectivity index (χ2n) is 6.94. The molecule has 1 atom stereocenters. The lowest BCUT2D eigenvalue weighted by Crippen LogP contribution is -2.46. The van der Waals surface area contributed by atoms with Crippen molar-refractivity contribution in [3.63, 3.8) is 0 Å². The van der Waals surface area contributed by atoms with Crippen LogP contribution in [0.25, 0.3) is 0 Å². The zero-order valence-electron chi connectivity index (χ0n) is 14.6. The summed E-state index contributed by atoms with van der Waals surface area (Å²) in [5.41, 5.74) is 0.392. The van der Waals surface area contributed by atoms with Crippen molar-refractivity contribution in [2.45, 2.75) is 32.9 Å². The average molecular weight is 337 g/mol. The third-order valence-corrected chi connectivity index (χ3v) is 4.42. The molecule has 0 bridgehead atoms. The molecule has 0 unspecified atom stereocenters. The summed E-state index contributed by atoms with van der Waals surface area (Å²) in [6.45, 7) is 10.1. The van der Waals surface area contributed by atoms with Crippen molar-refractivity contribution in [3.05, 3.63) is 17.5 Å². The lowest BCUT2D eigenvalue weighted by Gasteiger charge is -2.33. The van der Waals surface area contributed by atoms with E-state index in [2.05, 4.69) is 23.9 Å². The zero-order valence-corrected chi connectivity index (χ0v) is 14.6. The van der Waals surface area contributed by atoms with Gasteiger partial charge in [0.2, 0.25) is 0 Å². The zero-order chi connectivity index (χ0) is 16.9. The van der Waals surface area contributed by atoms with Gasteiger partial charge in [0.15, 0.2) is 11.5 Å². The average Bonchev–Trinajstić information content (AvgIpc) is 3.03. The third-order valence-electron chi connectivity index (χ3n) is 4.42. The molecule has 3 rings (SSSR count). The maximum atomic E-state index is 12.7. The molecule has 0 aliphatic carbocycles. The van der Waals surface area contributed by atoms with Gasteiger partial charge in [0, 0.05) is 32.2 Å². The van der Waals surface area contributed by atoms with E-state index in [1.165, 1.54) is 0 Å². The molecule has 0 aromatic carbocycles. The summed E-state index contributed by atoms with van der Waals surface area (Å²) >= 11 is 0. The van der Waals surface area contributed by atoms with E-state index in [0.29, 0.717) is 37.9 Å². The lowest BCUT2D eigenvalue weighted by molar-refractivity contribution is -0.0300. The number of carbonyl (C=O) groups excluding carboxylic acids is 1. The number of hydrogen-bond acceptors (Lipinski definition) is 6. The number of rotatable bonds is 5. The molecule has 1 aromatic heterocycles. The van der Waals surface area contributed by atoms with Gasteiger partial charge >= 0.3 is 0 Å². The maximum Gasteiger partial charge on any atom is 0.276 e. The fourth-order valence-corrected chi connectivity index (χ4v) is 3.20. The molecule has 2 saturated heterocycles. The lowest BCUT2D eigenvalue weighted by atomic mass is 10.0. The SMILES string of the molecule is CC(C)C[C@H]1CN(C(=O)c2cc(CN3CCOCC3)on2)CCO1. The number of nitrogens with zero attached hydrogens (tertiary/aromatic N) is 3. The summed E-state index contributed by atoms with van der Waals surface area (Å²) in [6, 6.07) is 1.77. The van der Waals surface area contributed by atoms with Crippen LogP contribution in [-0.2, 0) is 16.0 Å². The van der Waals surface area contributed by atoms with Gasteiger partial charge in [0.25, 0.3) is 5.91 Å². The van der Waals surface area contributed by atoms with Crippen LogP contribution in [0.1, 0.15) is 36.5 Å². The Balaban J connectivity index is 1.56. The van der Waals surface area contributed by atoms with Gasteiger partial charge in [0.1, 0.15) is 0 Å². The quantitative estimate of drug-likeness (QED) is 0.809. The van der Waals surface area contributed by atoms with E-state index in [1.54, 1.807) is 6.07 Å². The van der Waals surface area contributed by atoms with E-state index in [4.69, 9.17) is 14.0 Å². The molecule has 2 fully saturated rings. The Kier molecular flexibility index (Phi) is 5.86. The van der Waals surface area contributed by atoms with Gasteiger partial charge in [-0.3, -0.25) is 9.69 Å². The molecule has 0 saturated carbocycles. The largest absolute Gasteiger partial charge is 0.379 e. The van der Waals surface area contributed by atoms with Crippen molar-refractivity contribution < 1.29 is 18.8 Å². The second-order valence-corrected chi connectivity index (χ2v) is 6.94. The Morgan fingerprint density at radius 3 is 2.83 bits per heavy atom. The highest BCUT2D eigenvalue weighted by atomic mass is 16.5. The Hall–Kier alpha value is -1.44. The fraction of sp³-hybridized carbons (Fsp3) is 0.765. The van der Waals surface area contributed by atoms with Gasteiger partial charge in [-0.15, -0.1) is 0 Å². The first-order valence-corrected chi connectivity index (χ1v) is 8.78. The Labute approximate surface area is 142 Å². The van der Waals surface area contributed by atoms with E-state index < -0.39 is 0 Å². The molecule has 1 amide bonds. The van der Waals surface area contributed by atoms with Crippen molar-refractivity contribution in [1.82, 2.24) is 15.0 Å². The summed E-state index contributed by atoms with van der Waals surface area (Å²) in [6.07, 6.45) is 1.08. The summed E-state index contributed by atoms with van der Waals surface area (Å²) in [4.78, 5) is 16.7. The molecule has 134 valence electrons. The van der Waals surface area contributed by atoms with Crippen LogP contribution < -0.4 is 0 Å². The van der Waals surface area contributed by atoms with Crippen LogP contribution in [-0.4, -0.2) is 73.0 Å². The Morgan fingerprint density at radius 1 is 1.29 bits per heavy atom. The number of aromatic nitrogens is 1. The molecule has 3 heterocycles. The van der Waals surface area contributed by atoms with Crippen molar-refractivity contribution in [1.29, 1.82) is 0 Å². The summed E-state index contributed by atoms with van der Waals surface area (Å²) in [7, 11) is 0. The van der Waals surface area contributed by atoms with Gasteiger partial charge in [-0.1, -0.05) is 19.0 Å². The molecule has 2 aliphatic rings. The molecular weight excluding hydrogens is 310 g/mol. The highest BCUT2D eigenvalue weighted by Crippen LogP contribution is 2.17. The minimum atomic E-state index is -0.0657. The minimum Gasteiger partial charge on any atom is -0.379 e. The predicted molar refractivity (Wildman–Crippen MR) is 87.7 cm³/mol. The molecule has 0 spiro atoms. The van der Waals surface area contributed by atoms with Crippen LogP contribution >= 0.6 is 0 Å². The Bertz CT molecular complexity index is 540. The highest BCUT2D eigenvalue weighted by Gasteiger charge is 2.27. The van der Waals surface area contributed by atoms with E-state index >= 15 is 0 Å². The van der Waals surface area contributed by atoms with Crippen LogP contribution in [0.4, 0.5) is 0 Å². The maximum absolute atomic E-state index is 12.7. The fourth-order valence-electron chi connectivity index (χ4n) is 3.20. The minimum absolute atomic E-state index is 0.0657. The number of morpholine rings is 2. The van der Waals surface area contributed by atoms with E-state index in [1.807, 2.05) is 4.90 Å². The monoisotopic (exact) mass is 337 g/mol. The van der Waals surface area contributed by atoms with E-state index in [9.17, 15) is 4.79 Å². The first-order valence-electron chi connectivity index (χ1n) is 8.78. The van der Waals surface area contributed by atoms with Crippen LogP contribution in [0.15, 0.2) is 10.6 Å². The van der Waals surface area contributed by atoms with Crippen molar-refractivity contribution in [3.8, 4) is 0 Å². The van der Waals surface area contributed by atoms with E-state index in [-0.39, 0.29) is 12.0 Å². The normalized spacial score (nSPS) is 23.0. The highest BCUT2D eigenvalue weighted by molar-refractivity contribution is 5.92. The molecule has 2 aliphatic heterocycles. The second kappa shape index (κ2) is 8.09. The predicted octanol–water partition coefficient (Wildman–Crippen LogP) is 1.39. The standard InChI is InChI=1S/C17H27N3O4/c1-13(2)9-14-12-20(5-8-23-14)17(21)16-10-15(24-18-16)11-19-3-6-22-7-4-19/h10,13-14H,3-9,11-12H2,1-2H3/t14-/m0/s1. The summed E-state index contributed by atoms with van der Waals surface area (Å²) < 4.78 is 16.5. The van der Waals surface area contributed by atoms with Crippen molar-refractivity contribution >= 4 is 5.91 Å². The summed E-state index contributed by atoms with van der Waals surface area (Å²) in [5, 5.41) is 3.98. The van der Waals surface area contributed by atoms with Gasteiger partial charge in [-0.05, 0) is 12.3 Å². The number of hydrogen-bond donors (Lipinski definition) is 0. The van der Waals surface area contributed by atoms with Gasteiger partial charge < -0.3 is 18.9 Å². The topological polar surface area (TPSA) is 68.0 Å². The smallest absolute Gasteiger partial charge is 0.276 e.